The average Bonchev–Trinajstić information content (AvgIpc) is 3.30. The van der Waals surface area contributed by atoms with Gasteiger partial charge in [-0.3, -0.25) is 4.90 Å². The molecule has 0 atom stereocenters. The molecule has 2 heterocycles. The van der Waals surface area contributed by atoms with Crippen molar-refractivity contribution in [1.29, 1.82) is 0 Å². The van der Waals surface area contributed by atoms with Gasteiger partial charge < -0.3 is 15.1 Å². The van der Waals surface area contributed by atoms with Crippen LogP contribution in [-0.4, -0.2) is 65.5 Å². The molecule has 0 bridgehead atoms. The van der Waals surface area contributed by atoms with Gasteiger partial charge in [-0.15, -0.1) is 11.3 Å². The first-order valence-electron chi connectivity index (χ1n) is 12.6. The third-order valence-electron chi connectivity index (χ3n) is 7.88. The zero-order chi connectivity index (χ0) is 23.6. The Morgan fingerprint density at radius 2 is 1.70 bits per heavy atom. The van der Waals surface area contributed by atoms with Crippen molar-refractivity contribution in [2.45, 2.75) is 76.7 Å². The van der Waals surface area contributed by atoms with Gasteiger partial charge >= 0.3 is 0 Å². The normalized spacial score (nSPS) is 20.3. The number of anilines is 1. The highest BCUT2D eigenvalue weighted by Crippen LogP contribution is 2.47. The molecule has 0 spiro atoms. The molecule has 33 heavy (non-hydrogen) atoms. The van der Waals surface area contributed by atoms with Crippen LogP contribution in [-0.2, 0) is 10.8 Å². The first kappa shape index (κ1) is 24.6. The maximum absolute atomic E-state index is 9.42. The summed E-state index contributed by atoms with van der Waals surface area (Å²) in [7, 11) is 0. The second-order valence-electron chi connectivity index (χ2n) is 11.1. The Balaban J connectivity index is 1.46. The molecule has 1 aliphatic heterocycles. The molecule has 1 aromatic carbocycles. The monoisotopic (exact) mass is 471 g/mol. The molecule has 4 rings (SSSR count). The summed E-state index contributed by atoms with van der Waals surface area (Å²) in [5.74, 6) is 0. The number of aromatic nitrogens is 1. The minimum absolute atomic E-state index is 0.177. The van der Waals surface area contributed by atoms with Gasteiger partial charge in [0.25, 0.3) is 0 Å². The molecule has 2 aliphatic rings. The predicted octanol–water partition coefficient (Wildman–Crippen LogP) is 4.80. The van der Waals surface area contributed by atoms with Crippen LogP contribution in [0.4, 0.5) is 5.13 Å². The van der Waals surface area contributed by atoms with E-state index in [4.69, 9.17) is 4.98 Å². The molecule has 1 aliphatic carbocycles. The second kappa shape index (κ2) is 10.0. The number of hydrogen-bond acceptors (Lipinski definition) is 6. The highest BCUT2D eigenvalue weighted by Gasteiger charge is 2.37. The number of rotatable bonds is 8. The minimum Gasteiger partial charge on any atom is -0.396 e. The predicted molar refractivity (Wildman–Crippen MR) is 138 cm³/mol. The number of thiazole rings is 1. The van der Waals surface area contributed by atoms with Crippen molar-refractivity contribution in [3.8, 4) is 11.3 Å². The molecule has 182 valence electrons. The molecule has 2 N–H and O–H groups in total. The molecule has 0 saturated carbocycles. The summed E-state index contributed by atoms with van der Waals surface area (Å²) in [6.07, 6.45) is 5.37. The number of fused-ring (bicyclic) bond motifs is 1. The van der Waals surface area contributed by atoms with Crippen molar-refractivity contribution < 1.29 is 10.2 Å². The standard InChI is InChI=1S/C27H41N3O2S/c1-26(2)10-11-27(3,4)23-18-20(6-7-22(23)26)24-19-33-25(28-24)30-13-8-21(9-14-30)29(15-17-32)12-5-16-31/h6-7,18-19,21,31-32H,5,8-17H2,1-4H3. The van der Waals surface area contributed by atoms with E-state index in [1.807, 2.05) is 0 Å². The number of nitrogens with zero attached hydrogens (tertiary/aromatic N) is 3. The van der Waals surface area contributed by atoms with Gasteiger partial charge in [-0.25, -0.2) is 4.98 Å². The fourth-order valence-electron chi connectivity index (χ4n) is 5.59. The molecule has 0 radical (unpaired) electrons. The topological polar surface area (TPSA) is 59.8 Å². The van der Waals surface area contributed by atoms with Crippen LogP contribution in [0.15, 0.2) is 23.6 Å². The zero-order valence-corrected chi connectivity index (χ0v) is 21.6. The van der Waals surface area contributed by atoms with E-state index in [-0.39, 0.29) is 24.0 Å². The molecular formula is C27H41N3O2S. The highest BCUT2D eigenvalue weighted by atomic mass is 32.1. The van der Waals surface area contributed by atoms with E-state index in [0.29, 0.717) is 12.6 Å². The van der Waals surface area contributed by atoms with E-state index in [2.05, 4.69) is 61.1 Å². The smallest absolute Gasteiger partial charge is 0.185 e. The van der Waals surface area contributed by atoms with Crippen LogP contribution >= 0.6 is 11.3 Å². The van der Waals surface area contributed by atoms with Gasteiger partial charge in [-0.05, 0) is 60.1 Å². The van der Waals surface area contributed by atoms with Crippen LogP contribution in [0.2, 0.25) is 0 Å². The minimum atomic E-state index is 0.177. The SMILES string of the molecule is CC1(C)CCC(C)(C)c2cc(-c3csc(N4CCC(N(CCO)CCCO)CC4)n3)ccc21. The van der Waals surface area contributed by atoms with Crippen molar-refractivity contribution in [3.05, 3.63) is 34.7 Å². The van der Waals surface area contributed by atoms with E-state index in [9.17, 15) is 10.2 Å². The van der Waals surface area contributed by atoms with E-state index in [0.717, 1.165) is 49.7 Å². The lowest BCUT2D eigenvalue weighted by molar-refractivity contribution is 0.122. The largest absolute Gasteiger partial charge is 0.396 e. The van der Waals surface area contributed by atoms with Crippen LogP contribution in [0.3, 0.4) is 0 Å². The first-order chi connectivity index (χ1) is 15.7. The maximum Gasteiger partial charge on any atom is 0.185 e. The average molecular weight is 472 g/mol. The Labute approximate surface area is 203 Å². The Morgan fingerprint density at radius 1 is 1.00 bits per heavy atom. The van der Waals surface area contributed by atoms with Gasteiger partial charge in [0.2, 0.25) is 0 Å². The second-order valence-corrected chi connectivity index (χ2v) is 11.9. The molecule has 6 heteroatoms. The summed E-state index contributed by atoms with van der Waals surface area (Å²) in [4.78, 5) is 9.81. The number of aliphatic hydroxyl groups is 2. The van der Waals surface area contributed by atoms with E-state index in [1.165, 1.54) is 29.5 Å². The van der Waals surface area contributed by atoms with E-state index in [1.54, 1.807) is 11.3 Å². The fraction of sp³-hybridized carbons (Fsp3) is 0.667. The van der Waals surface area contributed by atoms with Gasteiger partial charge in [0.1, 0.15) is 0 Å². The van der Waals surface area contributed by atoms with Gasteiger partial charge in [0.15, 0.2) is 5.13 Å². The Kier molecular flexibility index (Phi) is 7.49. The van der Waals surface area contributed by atoms with Crippen LogP contribution < -0.4 is 4.90 Å². The zero-order valence-electron chi connectivity index (χ0n) is 20.8. The summed E-state index contributed by atoms with van der Waals surface area (Å²) >= 11 is 1.75. The van der Waals surface area contributed by atoms with Gasteiger partial charge in [-0.1, -0.05) is 39.8 Å². The van der Waals surface area contributed by atoms with Crippen LogP contribution in [0, 0.1) is 0 Å². The molecule has 0 amide bonds. The Bertz CT molecular complexity index is 931. The Hall–Kier alpha value is -1.47. The first-order valence-corrected chi connectivity index (χ1v) is 13.4. The molecule has 1 fully saturated rings. The Morgan fingerprint density at radius 3 is 2.36 bits per heavy atom. The van der Waals surface area contributed by atoms with Crippen LogP contribution in [0.5, 0.6) is 0 Å². The van der Waals surface area contributed by atoms with Gasteiger partial charge in [-0.2, -0.15) is 0 Å². The third-order valence-corrected chi connectivity index (χ3v) is 8.78. The van der Waals surface area contributed by atoms with Gasteiger partial charge in [0.05, 0.1) is 12.3 Å². The summed E-state index contributed by atoms with van der Waals surface area (Å²) in [5.41, 5.74) is 5.74. The maximum atomic E-state index is 9.42. The third kappa shape index (κ3) is 5.29. The molecule has 5 nitrogen and oxygen atoms in total. The summed E-state index contributed by atoms with van der Waals surface area (Å²) in [6.45, 7) is 13.4. The molecule has 1 aromatic heterocycles. The van der Waals surface area contributed by atoms with Crippen molar-refractivity contribution in [2.75, 3.05) is 44.3 Å². The van der Waals surface area contributed by atoms with E-state index >= 15 is 0 Å². The quantitative estimate of drug-likeness (QED) is 0.579. The molecule has 1 saturated heterocycles. The summed E-state index contributed by atoms with van der Waals surface area (Å²) in [5, 5.41) is 21.9. The fourth-order valence-corrected chi connectivity index (χ4v) is 6.48. The van der Waals surface area contributed by atoms with Crippen molar-refractivity contribution >= 4 is 16.5 Å². The highest BCUT2D eigenvalue weighted by molar-refractivity contribution is 7.14. The van der Waals surface area contributed by atoms with Crippen molar-refractivity contribution in [3.63, 3.8) is 0 Å². The van der Waals surface area contributed by atoms with E-state index < -0.39 is 0 Å². The number of hydrogen-bond donors (Lipinski definition) is 2. The lowest BCUT2D eigenvalue weighted by atomic mass is 9.63. The molecular weight excluding hydrogens is 430 g/mol. The number of piperidine rings is 1. The summed E-state index contributed by atoms with van der Waals surface area (Å²) < 4.78 is 0. The molecule has 2 aromatic rings. The van der Waals surface area contributed by atoms with Crippen molar-refractivity contribution in [2.24, 2.45) is 0 Å². The lowest BCUT2D eigenvalue weighted by Crippen LogP contribution is -2.46. The number of aliphatic hydroxyl groups excluding tert-OH is 2. The van der Waals surface area contributed by atoms with Crippen LogP contribution in [0.1, 0.15) is 70.9 Å². The number of benzene rings is 1. The summed E-state index contributed by atoms with van der Waals surface area (Å²) in [6, 6.07) is 7.49. The van der Waals surface area contributed by atoms with Gasteiger partial charge in [0, 0.05) is 49.8 Å². The van der Waals surface area contributed by atoms with Crippen LogP contribution in [0.25, 0.3) is 11.3 Å². The van der Waals surface area contributed by atoms with Crippen molar-refractivity contribution in [1.82, 2.24) is 9.88 Å². The molecule has 0 unspecified atom stereocenters. The lowest BCUT2D eigenvalue weighted by Gasteiger charge is -2.42.